The molecule has 4 heteroatoms. The third-order valence-corrected chi connectivity index (χ3v) is 2.69. The SMILES string of the molecule is Nc1ccc(C(=O)OCCC2CC2)cc1F. The molecular weight excluding hydrogens is 209 g/mol. The Morgan fingerprint density at radius 3 is 2.88 bits per heavy atom. The van der Waals surface area contributed by atoms with Gasteiger partial charge in [-0.25, -0.2) is 9.18 Å². The van der Waals surface area contributed by atoms with Crippen LogP contribution in [0.15, 0.2) is 18.2 Å². The van der Waals surface area contributed by atoms with Gasteiger partial charge in [0.05, 0.1) is 17.9 Å². The van der Waals surface area contributed by atoms with Gasteiger partial charge in [0.1, 0.15) is 5.82 Å². The number of nitrogens with two attached hydrogens (primary N) is 1. The number of anilines is 1. The van der Waals surface area contributed by atoms with Crippen molar-refractivity contribution in [2.45, 2.75) is 19.3 Å². The molecule has 0 radical (unpaired) electrons. The minimum Gasteiger partial charge on any atom is -0.462 e. The van der Waals surface area contributed by atoms with E-state index in [0.29, 0.717) is 6.61 Å². The lowest BCUT2D eigenvalue weighted by atomic mass is 10.2. The number of esters is 1. The first-order chi connectivity index (χ1) is 7.66. The average Bonchev–Trinajstić information content (AvgIpc) is 3.06. The lowest BCUT2D eigenvalue weighted by Crippen LogP contribution is -2.07. The summed E-state index contributed by atoms with van der Waals surface area (Å²) in [5.41, 5.74) is 5.56. The van der Waals surface area contributed by atoms with Gasteiger partial charge in [-0.1, -0.05) is 12.8 Å². The molecule has 0 aliphatic heterocycles. The topological polar surface area (TPSA) is 52.3 Å². The van der Waals surface area contributed by atoms with E-state index in [0.717, 1.165) is 18.4 Å². The van der Waals surface area contributed by atoms with Gasteiger partial charge in [-0.15, -0.1) is 0 Å². The molecule has 0 bridgehead atoms. The Balaban J connectivity index is 1.88. The van der Waals surface area contributed by atoms with Gasteiger partial charge in [-0.2, -0.15) is 0 Å². The van der Waals surface area contributed by atoms with E-state index in [9.17, 15) is 9.18 Å². The number of nitrogen functional groups attached to an aromatic ring is 1. The Kier molecular flexibility index (Phi) is 3.08. The molecule has 1 aliphatic rings. The molecule has 86 valence electrons. The van der Waals surface area contributed by atoms with Gasteiger partial charge < -0.3 is 10.5 Å². The van der Waals surface area contributed by atoms with Crippen molar-refractivity contribution in [1.82, 2.24) is 0 Å². The van der Waals surface area contributed by atoms with Gasteiger partial charge in [0.25, 0.3) is 0 Å². The molecule has 1 aliphatic carbocycles. The van der Waals surface area contributed by atoms with E-state index < -0.39 is 11.8 Å². The maximum Gasteiger partial charge on any atom is 0.338 e. The smallest absolute Gasteiger partial charge is 0.338 e. The van der Waals surface area contributed by atoms with Crippen molar-refractivity contribution in [2.24, 2.45) is 5.92 Å². The number of rotatable bonds is 4. The van der Waals surface area contributed by atoms with Crippen LogP contribution in [0.3, 0.4) is 0 Å². The number of benzene rings is 1. The molecule has 0 aromatic heterocycles. The van der Waals surface area contributed by atoms with E-state index in [-0.39, 0.29) is 11.3 Å². The molecule has 2 rings (SSSR count). The Bertz CT molecular complexity index is 402. The van der Waals surface area contributed by atoms with Crippen LogP contribution >= 0.6 is 0 Å². The van der Waals surface area contributed by atoms with Crippen molar-refractivity contribution in [1.29, 1.82) is 0 Å². The monoisotopic (exact) mass is 223 g/mol. The van der Waals surface area contributed by atoms with Crippen LogP contribution < -0.4 is 5.73 Å². The van der Waals surface area contributed by atoms with E-state index in [2.05, 4.69) is 0 Å². The molecule has 0 heterocycles. The fourth-order valence-corrected chi connectivity index (χ4v) is 1.46. The quantitative estimate of drug-likeness (QED) is 0.629. The summed E-state index contributed by atoms with van der Waals surface area (Å²) >= 11 is 0. The summed E-state index contributed by atoms with van der Waals surface area (Å²) in [5.74, 6) is -0.354. The molecule has 0 unspecified atom stereocenters. The zero-order chi connectivity index (χ0) is 11.5. The fraction of sp³-hybridized carbons (Fsp3) is 0.417. The molecule has 1 aromatic carbocycles. The van der Waals surface area contributed by atoms with Crippen LogP contribution in [0.5, 0.6) is 0 Å². The van der Waals surface area contributed by atoms with Crippen molar-refractivity contribution >= 4 is 11.7 Å². The van der Waals surface area contributed by atoms with Crippen LogP contribution in [0.25, 0.3) is 0 Å². The first kappa shape index (κ1) is 10.9. The molecule has 3 nitrogen and oxygen atoms in total. The minimum atomic E-state index is -0.586. The number of ether oxygens (including phenoxy) is 1. The van der Waals surface area contributed by atoms with Crippen molar-refractivity contribution in [3.63, 3.8) is 0 Å². The van der Waals surface area contributed by atoms with E-state index in [1.807, 2.05) is 0 Å². The summed E-state index contributed by atoms with van der Waals surface area (Å²) in [5, 5.41) is 0. The first-order valence-corrected chi connectivity index (χ1v) is 5.39. The Morgan fingerprint density at radius 2 is 2.25 bits per heavy atom. The zero-order valence-electron chi connectivity index (χ0n) is 8.91. The molecule has 0 amide bonds. The molecule has 0 atom stereocenters. The van der Waals surface area contributed by atoms with Gasteiger partial charge in [0.15, 0.2) is 0 Å². The molecule has 2 N–H and O–H groups in total. The maximum atomic E-state index is 13.1. The molecular formula is C12H14FNO2. The highest BCUT2D eigenvalue weighted by molar-refractivity contribution is 5.89. The van der Waals surface area contributed by atoms with Crippen molar-refractivity contribution in [3.8, 4) is 0 Å². The van der Waals surface area contributed by atoms with Gasteiger partial charge in [0.2, 0.25) is 0 Å². The number of halogens is 1. The fourth-order valence-electron chi connectivity index (χ4n) is 1.46. The van der Waals surface area contributed by atoms with Crippen LogP contribution in [0.2, 0.25) is 0 Å². The summed E-state index contributed by atoms with van der Waals surface area (Å²) in [6, 6.07) is 3.94. The minimum absolute atomic E-state index is 0.0366. The third-order valence-electron chi connectivity index (χ3n) is 2.69. The Morgan fingerprint density at radius 1 is 1.50 bits per heavy atom. The standard InChI is InChI=1S/C12H14FNO2/c13-10-7-9(3-4-11(10)14)12(15)16-6-5-8-1-2-8/h3-4,7-8H,1-2,5-6,14H2. The summed E-state index contributed by atoms with van der Waals surface area (Å²) < 4.78 is 18.1. The second-order valence-electron chi connectivity index (χ2n) is 4.10. The largest absolute Gasteiger partial charge is 0.462 e. The van der Waals surface area contributed by atoms with Crippen molar-refractivity contribution in [3.05, 3.63) is 29.6 Å². The van der Waals surface area contributed by atoms with Crippen LogP contribution in [0.4, 0.5) is 10.1 Å². The van der Waals surface area contributed by atoms with Gasteiger partial charge in [0, 0.05) is 0 Å². The lowest BCUT2D eigenvalue weighted by molar-refractivity contribution is 0.0494. The highest BCUT2D eigenvalue weighted by Gasteiger charge is 2.21. The summed E-state index contributed by atoms with van der Waals surface area (Å²) in [6.45, 7) is 0.412. The number of hydrogen-bond donors (Lipinski definition) is 1. The Labute approximate surface area is 93.4 Å². The molecule has 0 saturated heterocycles. The van der Waals surface area contributed by atoms with E-state index in [1.54, 1.807) is 0 Å². The molecule has 16 heavy (non-hydrogen) atoms. The average molecular weight is 223 g/mol. The van der Waals surface area contributed by atoms with Crippen molar-refractivity contribution in [2.75, 3.05) is 12.3 Å². The summed E-state index contributed by atoms with van der Waals surface area (Å²) in [7, 11) is 0. The predicted octanol–water partition coefficient (Wildman–Crippen LogP) is 2.36. The number of hydrogen-bond acceptors (Lipinski definition) is 3. The molecule has 0 spiro atoms. The van der Waals surface area contributed by atoms with Gasteiger partial charge in [-0.05, 0) is 30.5 Å². The Hall–Kier alpha value is -1.58. The zero-order valence-corrected chi connectivity index (χ0v) is 8.91. The van der Waals surface area contributed by atoms with E-state index in [1.165, 1.54) is 25.0 Å². The van der Waals surface area contributed by atoms with Crippen LogP contribution in [-0.4, -0.2) is 12.6 Å². The molecule has 1 fully saturated rings. The molecule has 1 saturated carbocycles. The predicted molar refractivity (Wildman–Crippen MR) is 58.4 cm³/mol. The second kappa shape index (κ2) is 4.51. The lowest BCUT2D eigenvalue weighted by Gasteiger charge is -2.04. The number of carbonyl (C=O) groups is 1. The van der Waals surface area contributed by atoms with E-state index in [4.69, 9.17) is 10.5 Å². The van der Waals surface area contributed by atoms with Gasteiger partial charge in [-0.3, -0.25) is 0 Å². The highest BCUT2D eigenvalue weighted by Crippen LogP contribution is 2.32. The van der Waals surface area contributed by atoms with Crippen molar-refractivity contribution < 1.29 is 13.9 Å². The van der Waals surface area contributed by atoms with Crippen LogP contribution in [0, 0.1) is 11.7 Å². The first-order valence-electron chi connectivity index (χ1n) is 5.39. The normalized spacial score (nSPS) is 14.8. The third kappa shape index (κ3) is 2.72. The van der Waals surface area contributed by atoms with E-state index >= 15 is 0 Å². The van der Waals surface area contributed by atoms with Gasteiger partial charge >= 0.3 is 5.97 Å². The highest BCUT2D eigenvalue weighted by atomic mass is 19.1. The van der Waals surface area contributed by atoms with Crippen LogP contribution in [0.1, 0.15) is 29.6 Å². The summed E-state index contributed by atoms with van der Waals surface area (Å²) in [4.78, 5) is 11.5. The maximum absolute atomic E-state index is 13.1. The number of carbonyl (C=O) groups excluding carboxylic acids is 1. The van der Waals surface area contributed by atoms with Crippen LogP contribution in [-0.2, 0) is 4.74 Å². The summed E-state index contributed by atoms with van der Waals surface area (Å²) in [6.07, 6.45) is 3.37. The molecule has 1 aromatic rings. The second-order valence-corrected chi connectivity index (χ2v) is 4.10.